The van der Waals surface area contributed by atoms with Crippen LogP contribution in [0.25, 0.3) is 11.1 Å². The number of thioether (sulfide) groups is 1. The van der Waals surface area contributed by atoms with Crippen molar-refractivity contribution in [2.75, 3.05) is 0 Å². The van der Waals surface area contributed by atoms with E-state index in [2.05, 4.69) is 42.2 Å². The molecule has 1 aliphatic carbocycles. The van der Waals surface area contributed by atoms with Gasteiger partial charge in [-0.3, -0.25) is 4.98 Å². The predicted molar refractivity (Wildman–Crippen MR) is 105 cm³/mol. The summed E-state index contributed by atoms with van der Waals surface area (Å²) in [5.41, 5.74) is 7.62. The first-order valence-corrected chi connectivity index (χ1v) is 9.79. The van der Waals surface area contributed by atoms with E-state index >= 15 is 0 Å². The highest BCUT2D eigenvalue weighted by Crippen LogP contribution is 2.38. The summed E-state index contributed by atoms with van der Waals surface area (Å²) in [5.74, 6) is 0.813. The van der Waals surface area contributed by atoms with Crippen LogP contribution < -0.4 is 0 Å². The molecule has 26 heavy (non-hydrogen) atoms. The van der Waals surface area contributed by atoms with Crippen molar-refractivity contribution in [3.8, 4) is 17.2 Å². The van der Waals surface area contributed by atoms with Crippen molar-refractivity contribution in [1.82, 2.24) is 9.97 Å². The second-order valence-corrected chi connectivity index (χ2v) is 7.54. The maximum Gasteiger partial charge on any atom is 0.115 e. The second kappa shape index (κ2) is 7.31. The molecule has 1 aliphatic rings. The predicted octanol–water partition coefficient (Wildman–Crippen LogP) is 5.10. The third-order valence-electron chi connectivity index (χ3n) is 4.75. The lowest BCUT2D eigenvalue weighted by Crippen LogP contribution is -2.01. The Labute approximate surface area is 158 Å². The maximum absolute atomic E-state index is 9.90. The average Bonchev–Trinajstić information content (AvgIpc) is 3.15. The van der Waals surface area contributed by atoms with Gasteiger partial charge in [-0.15, -0.1) is 11.8 Å². The van der Waals surface area contributed by atoms with Gasteiger partial charge in [-0.2, -0.15) is 5.26 Å². The zero-order chi connectivity index (χ0) is 17.9. The standard InChI is InChI=1S/C22H19N3S/c1-15-7-9-16(10-8-15)14-26-22-19(12-23)21(17-4-3-11-24-13-17)18-5-2-6-20(18)25-22/h3-4,7-11,13H,2,5-6,14H2,1H3. The Morgan fingerprint density at radius 3 is 2.73 bits per heavy atom. The van der Waals surface area contributed by atoms with Crippen LogP contribution in [0.4, 0.5) is 0 Å². The molecule has 0 spiro atoms. The third-order valence-corrected chi connectivity index (χ3v) is 5.80. The fourth-order valence-corrected chi connectivity index (χ4v) is 4.39. The van der Waals surface area contributed by atoms with Gasteiger partial charge < -0.3 is 0 Å². The first-order chi connectivity index (χ1) is 12.8. The Morgan fingerprint density at radius 2 is 2.00 bits per heavy atom. The topological polar surface area (TPSA) is 49.6 Å². The normalized spacial score (nSPS) is 12.6. The van der Waals surface area contributed by atoms with Gasteiger partial charge in [-0.05, 0) is 43.4 Å². The smallest absolute Gasteiger partial charge is 0.115 e. The van der Waals surface area contributed by atoms with Crippen molar-refractivity contribution in [2.24, 2.45) is 0 Å². The zero-order valence-electron chi connectivity index (χ0n) is 14.7. The number of pyridine rings is 2. The Morgan fingerprint density at radius 1 is 1.15 bits per heavy atom. The van der Waals surface area contributed by atoms with Gasteiger partial charge in [0.15, 0.2) is 0 Å². The van der Waals surface area contributed by atoms with Crippen molar-refractivity contribution >= 4 is 11.8 Å². The molecule has 4 rings (SSSR count). The highest BCUT2D eigenvalue weighted by Gasteiger charge is 2.24. The molecule has 0 atom stereocenters. The molecule has 0 N–H and O–H groups in total. The molecule has 4 heteroatoms. The fourth-order valence-electron chi connectivity index (χ4n) is 3.43. The SMILES string of the molecule is Cc1ccc(CSc2nc3c(c(-c4cccnc4)c2C#N)CCC3)cc1. The molecule has 0 saturated carbocycles. The van der Waals surface area contributed by atoms with Gasteiger partial charge >= 0.3 is 0 Å². The maximum atomic E-state index is 9.90. The van der Waals surface area contributed by atoms with E-state index in [0.717, 1.165) is 46.9 Å². The number of aryl methyl sites for hydroxylation is 2. The van der Waals surface area contributed by atoms with Crippen LogP contribution in [0.15, 0.2) is 53.8 Å². The molecule has 0 saturated heterocycles. The summed E-state index contributed by atoms with van der Waals surface area (Å²) in [7, 11) is 0. The number of hydrogen-bond acceptors (Lipinski definition) is 4. The Balaban J connectivity index is 1.75. The fraction of sp³-hybridized carbons (Fsp3) is 0.227. The highest BCUT2D eigenvalue weighted by molar-refractivity contribution is 7.98. The number of rotatable bonds is 4. The molecule has 0 bridgehead atoms. The Bertz CT molecular complexity index is 973. The molecule has 0 unspecified atom stereocenters. The summed E-state index contributed by atoms with van der Waals surface area (Å²) >= 11 is 1.65. The number of nitrogens with zero attached hydrogens (tertiary/aromatic N) is 3. The summed E-state index contributed by atoms with van der Waals surface area (Å²) in [6.45, 7) is 2.09. The van der Waals surface area contributed by atoms with E-state index in [1.54, 1.807) is 18.0 Å². The van der Waals surface area contributed by atoms with Crippen LogP contribution in [-0.4, -0.2) is 9.97 Å². The number of hydrogen-bond donors (Lipinski definition) is 0. The molecule has 3 nitrogen and oxygen atoms in total. The number of fused-ring (bicyclic) bond motifs is 1. The second-order valence-electron chi connectivity index (χ2n) is 6.57. The summed E-state index contributed by atoms with van der Waals surface area (Å²) in [6.07, 6.45) is 6.70. The van der Waals surface area contributed by atoms with Crippen molar-refractivity contribution in [2.45, 2.75) is 37.0 Å². The van der Waals surface area contributed by atoms with E-state index in [0.29, 0.717) is 5.56 Å². The number of benzene rings is 1. The third kappa shape index (κ3) is 3.23. The summed E-state index contributed by atoms with van der Waals surface area (Å²) < 4.78 is 0. The molecule has 2 aromatic heterocycles. The molecule has 3 aromatic rings. The first kappa shape index (κ1) is 16.8. The summed E-state index contributed by atoms with van der Waals surface area (Å²) in [4.78, 5) is 9.12. The van der Waals surface area contributed by atoms with Gasteiger partial charge in [0.25, 0.3) is 0 Å². The molecule has 0 fully saturated rings. The van der Waals surface area contributed by atoms with E-state index < -0.39 is 0 Å². The van der Waals surface area contributed by atoms with E-state index in [1.807, 2.05) is 18.3 Å². The van der Waals surface area contributed by atoms with Crippen LogP contribution in [0.1, 0.15) is 34.4 Å². The van der Waals surface area contributed by atoms with Crippen LogP contribution in [0.2, 0.25) is 0 Å². The molecule has 128 valence electrons. The van der Waals surface area contributed by atoms with Crippen LogP contribution in [-0.2, 0) is 18.6 Å². The van der Waals surface area contributed by atoms with Gasteiger partial charge in [-0.1, -0.05) is 35.9 Å². The molecule has 0 aliphatic heterocycles. The average molecular weight is 357 g/mol. The van der Waals surface area contributed by atoms with Gasteiger partial charge in [0, 0.05) is 35.0 Å². The Kier molecular flexibility index (Phi) is 4.73. The lowest BCUT2D eigenvalue weighted by molar-refractivity contribution is 0.891. The highest BCUT2D eigenvalue weighted by atomic mass is 32.2. The van der Waals surface area contributed by atoms with Gasteiger partial charge in [0.05, 0.1) is 5.56 Å². The molecular formula is C22H19N3S. The van der Waals surface area contributed by atoms with E-state index in [4.69, 9.17) is 4.98 Å². The lowest BCUT2D eigenvalue weighted by atomic mass is 9.97. The van der Waals surface area contributed by atoms with Crippen molar-refractivity contribution in [3.63, 3.8) is 0 Å². The molecule has 0 radical (unpaired) electrons. The van der Waals surface area contributed by atoms with E-state index in [9.17, 15) is 5.26 Å². The molecule has 1 aromatic carbocycles. The van der Waals surface area contributed by atoms with Gasteiger partial charge in [0.2, 0.25) is 0 Å². The largest absolute Gasteiger partial charge is 0.264 e. The van der Waals surface area contributed by atoms with Crippen LogP contribution in [0.3, 0.4) is 0 Å². The quantitative estimate of drug-likeness (QED) is 0.609. The minimum absolute atomic E-state index is 0.691. The lowest BCUT2D eigenvalue weighted by Gasteiger charge is -2.14. The molecule has 2 heterocycles. The number of aromatic nitrogens is 2. The van der Waals surface area contributed by atoms with Crippen LogP contribution >= 0.6 is 11.8 Å². The van der Waals surface area contributed by atoms with Crippen molar-refractivity contribution < 1.29 is 0 Å². The van der Waals surface area contributed by atoms with Crippen molar-refractivity contribution in [1.29, 1.82) is 5.26 Å². The van der Waals surface area contributed by atoms with Gasteiger partial charge in [0.1, 0.15) is 11.1 Å². The van der Waals surface area contributed by atoms with Gasteiger partial charge in [-0.25, -0.2) is 4.98 Å². The number of nitriles is 1. The minimum atomic E-state index is 0.691. The molecular weight excluding hydrogens is 338 g/mol. The monoisotopic (exact) mass is 357 g/mol. The van der Waals surface area contributed by atoms with Crippen LogP contribution in [0.5, 0.6) is 0 Å². The molecule has 0 amide bonds. The van der Waals surface area contributed by atoms with E-state index in [1.165, 1.54) is 16.7 Å². The van der Waals surface area contributed by atoms with Crippen molar-refractivity contribution in [3.05, 3.63) is 76.7 Å². The van der Waals surface area contributed by atoms with E-state index in [-0.39, 0.29) is 0 Å². The first-order valence-electron chi connectivity index (χ1n) is 8.81. The minimum Gasteiger partial charge on any atom is -0.264 e. The van der Waals surface area contributed by atoms with Crippen LogP contribution in [0, 0.1) is 18.3 Å². The summed E-state index contributed by atoms with van der Waals surface area (Å²) in [5, 5.41) is 10.7. The summed E-state index contributed by atoms with van der Waals surface area (Å²) in [6, 6.07) is 14.9. The zero-order valence-corrected chi connectivity index (χ0v) is 15.5. The Hall–Kier alpha value is -2.64.